The van der Waals surface area contributed by atoms with Crippen LogP contribution in [0.3, 0.4) is 0 Å². The molecule has 0 saturated carbocycles. The zero-order chi connectivity index (χ0) is 16.8. The number of ether oxygens (including phenoxy) is 1. The number of carbonyl (C=O) groups excluding carboxylic acids is 1. The summed E-state index contributed by atoms with van der Waals surface area (Å²) in [5.41, 5.74) is 1.80. The molecule has 4 nitrogen and oxygen atoms in total. The van der Waals surface area contributed by atoms with Crippen molar-refractivity contribution < 1.29 is 9.53 Å². The third kappa shape index (κ3) is 4.63. The number of anilines is 1. The van der Waals surface area contributed by atoms with E-state index in [4.69, 9.17) is 16.3 Å². The largest absolute Gasteiger partial charge is 0.496 e. The molecule has 0 aromatic heterocycles. The second kappa shape index (κ2) is 7.88. The van der Waals surface area contributed by atoms with Crippen molar-refractivity contribution in [3.63, 3.8) is 0 Å². The van der Waals surface area contributed by atoms with Gasteiger partial charge in [0.2, 0.25) is 5.91 Å². The standard InChI is InChI=1S/C18H21ClN2O2/c1-12(16-6-4-5-7-17(16)23-3)21-18(22)13(2)20-15-10-8-14(19)9-11-15/h4-13,20H,1-3H3,(H,21,22). The molecule has 122 valence electrons. The fraction of sp³-hybridized carbons (Fsp3) is 0.278. The van der Waals surface area contributed by atoms with Crippen molar-refractivity contribution >= 4 is 23.2 Å². The van der Waals surface area contributed by atoms with Crippen molar-refractivity contribution in [1.29, 1.82) is 0 Å². The number of rotatable bonds is 6. The molecule has 23 heavy (non-hydrogen) atoms. The maximum absolute atomic E-state index is 12.4. The number of methoxy groups -OCH3 is 1. The highest BCUT2D eigenvalue weighted by Gasteiger charge is 2.18. The number of halogens is 1. The molecule has 2 rings (SSSR count). The summed E-state index contributed by atoms with van der Waals surface area (Å²) in [6, 6.07) is 14.4. The fourth-order valence-corrected chi connectivity index (χ4v) is 2.43. The lowest BCUT2D eigenvalue weighted by atomic mass is 10.1. The Bertz CT molecular complexity index is 658. The van der Waals surface area contributed by atoms with Gasteiger partial charge >= 0.3 is 0 Å². The minimum Gasteiger partial charge on any atom is -0.496 e. The van der Waals surface area contributed by atoms with E-state index < -0.39 is 0 Å². The Balaban J connectivity index is 1.98. The van der Waals surface area contributed by atoms with E-state index in [1.165, 1.54) is 0 Å². The molecule has 0 radical (unpaired) electrons. The quantitative estimate of drug-likeness (QED) is 0.839. The van der Waals surface area contributed by atoms with E-state index in [0.29, 0.717) is 5.02 Å². The maximum Gasteiger partial charge on any atom is 0.242 e. The molecule has 2 N–H and O–H groups in total. The van der Waals surface area contributed by atoms with Gasteiger partial charge in [-0.05, 0) is 44.2 Å². The van der Waals surface area contributed by atoms with Gasteiger partial charge in [0.25, 0.3) is 0 Å². The monoisotopic (exact) mass is 332 g/mol. The van der Waals surface area contributed by atoms with Crippen LogP contribution in [0.1, 0.15) is 25.5 Å². The zero-order valence-electron chi connectivity index (χ0n) is 13.5. The van der Waals surface area contributed by atoms with Crippen LogP contribution in [-0.2, 0) is 4.79 Å². The van der Waals surface area contributed by atoms with Gasteiger partial charge in [-0.15, -0.1) is 0 Å². The van der Waals surface area contributed by atoms with E-state index in [-0.39, 0.29) is 18.0 Å². The predicted molar refractivity (Wildman–Crippen MR) is 94.1 cm³/mol. The summed E-state index contributed by atoms with van der Waals surface area (Å²) in [5.74, 6) is 0.678. The van der Waals surface area contributed by atoms with Gasteiger partial charge in [0, 0.05) is 16.3 Å². The summed E-state index contributed by atoms with van der Waals surface area (Å²) in [4.78, 5) is 12.4. The van der Waals surface area contributed by atoms with Gasteiger partial charge in [-0.2, -0.15) is 0 Å². The number of carbonyl (C=O) groups is 1. The van der Waals surface area contributed by atoms with Crippen molar-refractivity contribution in [2.75, 3.05) is 12.4 Å². The molecule has 0 saturated heterocycles. The van der Waals surface area contributed by atoms with Crippen LogP contribution >= 0.6 is 11.6 Å². The SMILES string of the molecule is COc1ccccc1C(C)NC(=O)C(C)Nc1ccc(Cl)cc1. The van der Waals surface area contributed by atoms with Crippen molar-refractivity contribution in [3.05, 3.63) is 59.1 Å². The minimum absolute atomic E-state index is 0.0849. The molecule has 0 aliphatic rings. The average Bonchev–Trinajstić information content (AvgIpc) is 2.56. The van der Waals surface area contributed by atoms with Gasteiger partial charge in [-0.3, -0.25) is 4.79 Å². The van der Waals surface area contributed by atoms with E-state index >= 15 is 0 Å². The van der Waals surface area contributed by atoms with E-state index in [2.05, 4.69) is 10.6 Å². The fourth-order valence-electron chi connectivity index (χ4n) is 2.30. The number of benzene rings is 2. The van der Waals surface area contributed by atoms with E-state index in [9.17, 15) is 4.79 Å². The average molecular weight is 333 g/mol. The zero-order valence-corrected chi connectivity index (χ0v) is 14.2. The van der Waals surface area contributed by atoms with E-state index in [1.54, 1.807) is 19.2 Å². The van der Waals surface area contributed by atoms with Crippen LogP contribution in [0.5, 0.6) is 5.75 Å². The lowest BCUT2D eigenvalue weighted by Crippen LogP contribution is -2.38. The number of para-hydroxylation sites is 1. The highest BCUT2D eigenvalue weighted by atomic mass is 35.5. The molecule has 0 spiro atoms. The first-order valence-corrected chi connectivity index (χ1v) is 7.84. The Morgan fingerprint density at radius 1 is 1.09 bits per heavy atom. The Morgan fingerprint density at radius 3 is 2.39 bits per heavy atom. The van der Waals surface area contributed by atoms with E-state index in [0.717, 1.165) is 17.0 Å². The number of nitrogens with one attached hydrogen (secondary N) is 2. The molecule has 0 aliphatic carbocycles. The smallest absolute Gasteiger partial charge is 0.242 e. The number of hydrogen-bond donors (Lipinski definition) is 2. The molecule has 2 unspecified atom stereocenters. The number of hydrogen-bond acceptors (Lipinski definition) is 3. The van der Waals surface area contributed by atoms with Crippen LogP contribution in [-0.4, -0.2) is 19.1 Å². The van der Waals surface area contributed by atoms with Crippen molar-refractivity contribution in [2.24, 2.45) is 0 Å². The van der Waals surface area contributed by atoms with Crippen LogP contribution in [0.4, 0.5) is 5.69 Å². The Hall–Kier alpha value is -2.20. The van der Waals surface area contributed by atoms with Crippen molar-refractivity contribution in [3.8, 4) is 5.75 Å². The minimum atomic E-state index is -0.367. The normalized spacial score (nSPS) is 13.0. The second-order valence-electron chi connectivity index (χ2n) is 5.35. The Morgan fingerprint density at radius 2 is 1.74 bits per heavy atom. The van der Waals surface area contributed by atoms with Crippen LogP contribution in [0.25, 0.3) is 0 Å². The van der Waals surface area contributed by atoms with Gasteiger partial charge in [0.1, 0.15) is 11.8 Å². The Labute approximate surface area is 141 Å². The molecular weight excluding hydrogens is 312 g/mol. The third-order valence-corrected chi connectivity index (χ3v) is 3.84. The first-order chi connectivity index (χ1) is 11.0. The molecular formula is C18H21ClN2O2. The summed E-state index contributed by atoms with van der Waals surface area (Å²) in [6.45, 7) is 3.75. The lowest BCUT2D eigenvalue weighted by molar-refractivity contribution is -0.122. The summed E-state index contributed by atoms with van der Waals surface area (Å²) in [7, 11) is 1.62. The molecule has 2 aromatic rings. The summed E-state index contributed by atoms with van der Waals surface area (Å²) in [6.07, 6.45) is 0. The van der Waals surface area contributed by atoms with E-state index in [1.807, 2.05) is 50.2 Å². The van der Waals surface area contributed by atoms with Gasteiger partial charge in [0.05, 0.1) is 13.2 Å². The molecule has 1 amide bonds. The topological polar surface area (TPSA) is 50.4 Å². The van der Waals surface area contributed by atoms with Gasteiger partial charge in [-0.1, -0.05) is 29.8 Å². The van der Waals surface area contributed by atoms with Crippen LogP contribution in [0.2, 0.25) is 5.02 Å². The van der Waals surface area contributed by atoms with Gasteiger partial charge in [0.15, 0.2) is 0 Å². The lowest BCUT2D eigenvalue weighted by Gasteiger charge is -2.21. The molecule has 2 aromatic carbocycles. The van der Waals surface area contributed by atoms with Crippen LogP contribution in [0.15, 0.2) is 48.5 Å². The summed E-state index contributed by atoms with van der Waals surface area (Å²) >= 11 is 5.86. The van der Waals surface area contributed by atoms with Crippen LogP contribution < -0.4 is 15.4 Å². The third-order valence-electron chi connectivity index (χ3n) is 3.58. The first kappa shape index (κ1) is 17.2. The summed E-state index contributed by atoms with van der Waals surface area (Å²) < 4.78 is 5.34. The molecule has 0 fully saturated rings. The molecule has 0 bridgehead atoms. The maximum atomic E-state index is 12.4. The van der Waals surface area contributed by atoms with Crippen molar-refractivity contribution in [1.82, 2.24) is 5.32 Å². The predicted octanol–water partition coefficient (Wildman–Crippen LogP) is 4.03. The van der Waals surface area contributed by atoms with Gasteiger partial charge < -0.3 is 15.4 Å². The first-order valence-electron chi connectivity index (χ1n) is 7.46. The molecule has 0 aliphatic heterocycles. The summed E-state index contributed by atoms with van der Waals surface area (Å²) in [5, 5.41) is 6.81. The Kier molecular flexibility index (Phi) is 5.88. The highest BCUT2D eigenvalue weighted by molar-refractivity contribution is 6.30. The molecule has 0 heterocycles. The van der Waals surface area contributed by atoms with Crippen LogP contribution in [0, 0.1) is 0 Å². The van der Waals surface area contributed by atoms with Gasteiger partial charge in [-0.25, -0.2) is 0 Å². The number of amides is 1. The van der Waals surface area contributed by atoms with Crippen molar-refractivity contribution in [2.45, 2.75) is 25.9 Å². The molecule has 5 heteroatoms. The highest BCUT2D eigenvalue weighted by Crippen LogP contribution is 2.24. The second-order valence-corrected chi connectivity index (χ2v) is 5.78. The molecule has 2 atom stereocenters.